The second-order valence-electron chi connectivity index (χ2n) is 6.73. The van der Waals surface area contributed by atoms with Crippen LogP contribution in [0.15, 0.2) is 64.5 Å². The standard InChI is InChI=1S/C23H20N2O2S/c1-14-10-15(2)12-17(11-14)24-23-25-22(26)21(28-23)13-19-18-7-5-4-6-16(18)8-9-20(19)27-3/h4-13H,1-3H3,(H,24,25,26)/b21-13+. The van der Waals surface area contributed by atoms with Crippen molar-refractivity contribution in [2.75, 3.05) is 7.11 Å². The van der Waals surface area contributed by atoms with Crippen LogP contribution in [0.4, 0.5) is 5.69 Å². The molecule has 0 radical (unpaired) electrons. The van der Waals surface area contributed by atoms with Gasteiger partial charge in [0.25, 0.3) is 5.91 Å². The summed E-state index contributed by atoms with van der Waals surface area (Å²) in [6.45, 7) is 4.07. The normalized spacial score (nSPS) is 16.8. The molecule has 1 amide bonds. The zero-order valence-electron chi connectivity index (χ0n) is 15.9. The van der Waals surface area contributed by atoms with Crippen LogP contribution in [0.25, 0.3) is 16.8 Å². The molecule has 0 aromatic heterocycles. The number of carbonyl (C=O) groups is 1. The Bertz CT molecular complexity index is 1130. The smallest absolute Gasteiger partial charge is 0.264 e. The van der Waals surface area contributed by atoms with Crippen molar-refractivity contribution in [3.05, 3.63) is 76.2 Å². The quantitative estimate of drug-likeness (QED) is 0.615. The van der Waals surface area contributed by atoms with Crippen LogP contribution in [0, 0.1) is 13.8 Å². The van der Waals surface area contributed by atoms with Crippen LogP contribution < -0.4 is 10.1 Å². The SMILES string of the molecule is COc1ccc2ccccc2c1/C=C1/SC(=Nc2cc(C)cc(C)c2)NC1=O. The van der Waals surface area contributed by atoms with Gasteiger partial charge in [0.2, 0.25) is 0 Å². The predicted molar refractivity (Wildman–Crippen MR) is 117 cm³/mol. The van der Waals surface area contributed by atoms with Crippen LogP contribution in [-0.4, -0.2) is 18.2 Å². The molecule has 1 aliphatic rings. The number of carbonyl (C=O) groups excluding carboxylic acids is 1. The van der Waals surface area contributed by atoms with Crippen molar-refractivity contribution < 1.29 is 9.53 Å². The highest BCUT2D eigenvalue weighted by Crippen LogP contribution is 2.34. The van der Waals surface area contributed by atoms with E-state index < -0.39 is 0 Å². The molecule has 1 fully saturated rings. The highest BCUT2D eigenvalue weighted by Gasteiger charge is 2.24. The van der Waals surface area contributed by atoms with Gasteiger partial charge >= 0.3 is 0 Å². The van der Waals surface area contributed by atoms with E-state index in [0.717, 1.165) is 38.9 Å². The fraction of sp³-hybridized carbons (Fsp3) is 0.130. The zero-order valence-corrected chi connectivity index (χ0v) is 16.8. The lowest BCUT2D eigenvalue weighted by Crippen LogP contribution is -2.19. The minimum atomic E-state index is -0.150. The molecule has 4 nitrogen and oxygen atoms in total. The molecule has 0 spiro atoms. The number of amidine groups is 1. The summed E-state index contributed by atoms with van der Waals surface area (Å²) in [4.78, 5) is 17.7. The van der Waals surface area contributed by atoms with Crippen LogP contribution in [0.3, 0.4) is 0 Å². The number of ether oxygens (including phenoxy) is 1. The van der Waals surface area contributed by atoms with Gasteiger partial charge in [-0.05, 0) is 71.8 Å². The Labute approximate surface area is 168 Å². The van der Waals surface area contributed by atoms with E-state index >= 15 is 0 Å². The van der Waals surface area contributed by atoms with Crippen molar-refractivity contribution in [2.24, 2.45) is 4.99 Å². The molecule has 4 rings (SSSR count). The summed E-state index contributed by atoms with van der Waals surface area (Å²) in [5, 5.41) is 5.59. The number of methoxy groups -OCH3 is 1. The van der Waals surface area contributed by atoms with Crippen molar-refractivity contribution in [3.63, 3.8) is 0 Å². The second-order valence-corrected chi connectivity index (χ2v) is 7.76. The molecule has 1 heterocycles. The van der Waals surface area contributed by atoms with E-state index in [2.05, 4.69) is 16.4 Å². The first kappa shape index (κ1) is 18.3. The minimum absolute atomic E-state index is 0.150. The van der Waals surface area contributed by atoms with Gasteiger partial charge in [-0.15, -0.1) is 0 Å². The van der Waals surface area contributed by atoms with Crippen molar-refractivity contribution >= 4 is 45.4 Å². The molecule has 28 heavy (non-hydrogen) atoms. The van der Waals surface area contributed by atoms with Gasteiger partial charge in [-0.25, -0.2) is 4.99 Å². The van der Waals surface area contributed by atoms with E-state index in [1.807, 2.05) is 68.5 Å². The minimum Gasteiger partial charge on any atom is -0.496 e. The molecule has 0 saturated carbocycles. The zero-order chi connectivity index (χ0) is 19.7. The third-order valence-corrected chi connectivity index (χ3v) is 5.42. The fourth-order valence-electron chi connectivity index (χ4n) is 3.35. The molecule has 1 aliphatic heterocycles. The van der Waals surface area contributed by atoms with Crippen molar-refractivity contribution in [2.45, 2.75) is 13.8 Å². The molecular weight excluding hydrogens is 368 g/mol. The molecule has 3 aromatic carbocycles. The molecule has 0 unspecified atom stereocenters. The molecule has 3 aromatic rings. The molecular formula is C23H20N2O2S. The van der Waals surface area contributed by atoms with E-state index in [1.165, 1.54) is 11.8 Å². The average molecular weight is 388 g/mol. The molecule has 140 valence electrons. The predicted octanol–water partition coefficient (Wildman–Crippen LogP) is 5.36. The highest BCUT2D eigenvalue weighted by atomic mass is 32.2. The number of hydrogen-bond acceptors (Lipinski definition) is 4. The molecule has 1 N–H and O–H groups in total. The van der Waals surface area contributed by atoms with Gasteiger partial charge in [0.15, 0.2) is 5.17 Å². The van der Waals surface area contributed by atoms with Crippen molar-refractivity contribution in [3.8, 4) is 5.75 Å². The number of nitrogens with zero attached hydrogens (tertiary/aromatic N) is 1. The summed E-state index contributed by atoms with van der Waals surface area (Å²) in [6.07, 6.45) is 1.88. The van der Waals surface area contributed by atoms with Crippen LogP contribution >= 0.6 is 11.8 Å². The Hall–Kier alpha value is -3.05. The number of aryl methyl sites for hydroxylation is 2. The van der Waals surface area contributed by atoms with E-state index in [4.69, 9.17) is 4.74 Å². The van der Waals surface area contributed by atoms with Gasteiger partial charge in [0, 0.05) is 5.56 Å². The Morgan fingerprint density at radius 1 is 1.04 bits per heavy atom. The third kappa shape index (κ3) is 3.66. The summed E-state index contributed by atoms with van der Waals surface area (Å²) in [7, 11) is 1.64. The lowest BCUT2D eigenvalue weighted by molar-refractivity contribution is -0.115. The van der Waals surface area contributed by atoms with Gasteiger partial charge in [-0.2, -0.15) is 0 Å². The number of benzene rings is 3. The molecule has 0 atom stereocenters. The van der Waals surface area contributed by atoms with Crippen LogP contribution in [0.1, 0.15) is 16.7 Å². The largest absolute Gasteiger partial charge is 0.496 e. The van der Waals surface area contributed by atoms with E-state index in [9.17, 15) is 4.79 Å². The number of nitrogens with one attached hydrogen (secondary N) is 1. The summed E-state index contributed by atoms with van der Waals surface area (Å²) in [6, 6.07) is 18.1. The third-order valence-electron chi connectivity index (χ3n) is 4.51. The summed E-state index contributed by atoms with van der Waals surface area (Å²) in [5.41, 5.74) is 4.02. The number of fused-ring (bicyclic) bond motifs is 1. The monoisotopic (exact) mass is 388 g/mol. The van der Waals surface area contributed by atoms with Gasteiger partial charge in [-0.3, -0.25) is 4.79 Å². The first-order valence-corrected chi connectivity index (χ1v) is 9.79. The van der Waals surface area contributed by atoms with Gasteiger partial charge in [0.05, 0.1) is 17.7 Å². The van der Waals surface area contributed by atoms with Crippen LogP contribution in [-0.2, 0) is 4.79 Å². The lowest BCUT2D eigenvalue weighted by atomic mass is 10.0. The maximum absolute atomic E-state index is 12.5. The Morgan fingerprint density at radius 3 is 2.54 bits per heavy atom. The van der Waals surface area contributed by atoms with E-state index in [0.29, 0.717) is 10.1 Å². The topological polar surface area (TPSA) is 50.7 Å². The van der Waals surface area contributed by atoms with Crippen molar-refractivity contribution in [1.29, 1.82) is 0 Å². The Balaban J connectivity index is 1.73. The summed E-state index contributed by atoms with van der Waals surface area (Å²) in [5.74, 6) is 0.586. The number of rotatable bonds is 3. The first-order chi connectivity index (χ1) is 13.5. The van der Waals surface area contributed by atoms with E-state index in [1.54, 1.807) is 7.11 Å². The van der Waals surface area contributed by atoms with E-state index in [-0.39, 0.29) is 5.91 Å². The number of amides is 1. The maximum atomic E-state index is 12.5. The van der Waals surface area contributed by atoms with Crippen molar-refractivity contribution in [1.82, 2.24) is 5.32 Å². The van der Waals surface area contributed by atoms with Gasteiger partial charge in [0.1, 0.15) is 5.75 Å². The van der Waals surface area contributed by atoms with Crippen LogP contribution in [0.2, 0.25) is 0 Å². The molecule has 5 heteroatoms. The molecule has 0 aliphatic carbocycles. The van der Waals surface area contributed by atoms with Crippen LogP contribution in [0.5, 0.6) is 5.75 Å². The Kier molecular flexibility index (Phi) is 4.92. The number of thioether (sulfide) groups is 1. The van der Waals surface area contributed by atoms with Gasteiger partial charge < -0.3 is 10.1 Å². The Morgan fingerprint density at radius 2 is 1.79 bits per heavy atom. The summed E-state index contributed by atoms with van der Waals surface area (Å²) >= 11 is 1.34. The fourth-order valence-corrected chi connectivity index (χ4v) is 4.17. The summed E-state index contributed by atoms with van der Waals surface area (Å²) < 4.78 is 5.53. The average Bonchev–Trinajstić information content (AvgIpc) is 3.00. The van der Waals surface area contributed by atoms with Gasteiger partial charge in [-0.1, -0.05) is 36.4 Å². The highest BCUT2D eigenvalue weighted by molar-refractivity contribution is 8.18. The number of hydrogen-bond donors (Lipinski definition) is 1. The lowest BCUT2D eigenvalue weighted by Gasteiger charge is -2.09. The molecule has 0 bridgehead atoms. The number of aliphatic imine (C=N–C) groups is 1. The second kappa shape index (κ2) is 7.52. The first-order valence-electron chi connectivity index (χ1n) is 8.97. The maximum Gasteiger partial charge on any atom is 0.264 e. The molecule has 1 saturated heterocycles.